The number of fused-ring (bicyclic) bond motifs is 1. The Bertz CT molecular complexity index is 651. The third-order valence-electron chi connectivity index (χ3n) is 3.78. The van der Waals surface area contributed by atoms with Crippen molar-refractivity contribution in [2.75, 3.05) is 0 Å². The maximum absolute atomic E-state index is 11.1. The molecule has 5 heteroatoms. The minimum atomic E-state index is -0.714. The zero-order chi connectivity index (χ0) is 14.1. The molecule has 1 aliphatic rings. The molecule has 0 radical (unpaired) electrons. The summed E-state index contributed by atoms with van der Waals surface area (Å²) >= 11 is 5.99. The summed E-state index contributed by atoms with van der Waals surface area (Å²) in [6.45, 7) is 0.724. The number of halogens is 1. The fourth-order valence-electron chi connectivity index (χ4n) is 2.71. The van der Waals surface area contributed by atoms with Crippen molar-refractivity contribution in [2.24, 2.45) is 5.92 Å². The predicted molar refractivity (Wildman–Crippen MR) is 75.9 cm³/mol. The van der Waals surface area contributed by atoms with Gasteiger partial charge in [0.05, 0.1) is 5.92 Å². The van der Waals surface area contributed by atoms with Gasteiger partial charge in [-0.2, -0.15) is 0 Å². The number of carboxylic acids is 1. The zero-order valence-electron chi connectivity index (χ0n) is 10.9. The van der Waals surface area contributed by atoms with Crippen LogP contribution in [0.25, 0.3) is 0 Å². The number of carboxylic acid groups (broad SMARTS) is 1. The van der Waals surface area contributed by atoms with E-state index in [1.165, 1.54) is 0 Å². The third kappa shape index (κ3) is 2.56. The van der Waals surface area contributed by atoms with Crippen molar-refractivity contribution in [3.8, 4) is 0 Å². The highest BCUT2D eigenvalue weighted by molar-refractivity contribution is 6.30. The van der Waals surface area contributed by atoms with Crippen LogP contribution in [0.15, 0.2) is 30.5 Å². The van der Waals surface area contributed by atoms with Crippen molar-refractivity contribution < 1.29 is 9.90 Å². The molecule has 0 spiro atoms. The summed E-state index contributed by atoms with van der Waals surface area (Å²) in [6.07, 6.45) is 3.76. The Morgan fingerprint density at radius 1 is 1.50 bits per heavy atom. The second-order valence-corrected chi connectivity index (χ2v) is 5.59. The Morgan fingerprint density at radius 3 is 3.10 bits per heavy atom. The number of benzene rings is 1. The summed E-state index contributed by atoms with van der Waals surface area (Å²) in [4.78, 5) is 15.5. The third-order valence-corrected chi connectivity index (χ3v) is 4.01. The highest BCUT2D eigenvalue weighted by Gasteiger charge is 2.26. The highest BCUT2D eigenvalue weighted by atomic mass is 35.5. The van der Waals surface area contributed by atoms with E-state index in [2.05, 4.69) is 9.55 Å². The minimum Gasteiger partial charge on any atom is -0.481 e. The molecule has 2 heterocycles. The zero-order valence-corrected chi connectivity index (χ0v) is 11.7. The number of rotatable bonds is 3. The van der Waals surface area contributed by atoms with Crippen LogP contribution in [0.2, 0.25) is 5.02 Å². The smallest absolute Gasteiger partial charge is 0.306 e. The van der Waals surface area contributed by atoms with E-state index in [1.807, 2.05) is 24.3 Å². The molecule has 2 aromatic rings. The van der Waals surface area contributed by atoms with E-state index >= 15 is 0 Å². The quantitative estimate of drug-likeness (QED) is 0.946. The van der Waals surface area contributed by atoms with Gasteiger partial charge >= 0.3 is 5.97 Å². The lowest BCUT2D eigenvalue weighted by Gasteiger charge is -2.22. The number of aliphatic carboxylic acids is 1. The molecule has 1 aliphatic heterocycles. The summed E-state index contributed by atoms with van der Waals surface area (Å²) in [5.41, 5.74) is 2.13. The molecular formula is C15H15ClN2O2. The first-order chi connectivity index (χ1) is 9.63. The van der Waals surface area contributed by atoms with Gasteiger partial charge in [0.15, 0.2) is 0 Å². The topological polar surface area (TPSA) is 55.1 Å². The highest BCUT2D eigenvalue weighted by Crippen LogP contribution is 2.23. The molecule has 20 heavy (non-hydrogen) atoms. The van der Waals surface area contributed by atoms with Gasteiger partial charge in [0.1, 0.15) is 5.82 Å². The largest absolute Gasteiger partial charge is 0.481 e. The molecule has 3 rings (SSSR count). The molecule has 0 saturated carbocycles. The van der Waals surface area contributed by atoms with Crippen molar-refractivity contribution >= 4 is 17.6 Å². The van der Waals surface area contributed by atoms with Crippen LogP contribution >= 0.6 is 11.6 Å². The van der Waals surface area contributed by atoms with E-state index in [1.54, 1.807) is 6.20 Å². The predicted octanol–water partition coefficient (Wildman–Crippen LogP) is 2.77. The number of hydrogen-bond acceptors (Lipinski definition) is 2. The molecule has 0 fully saturated rings. The molecule has 4 nitrogen and oxygen atoms in total. The number of carbonyl (C=O) groups is 1. The fourth-order valence-corrected chi connectivity index (χ4v) is 2.92. The molecular weight excluding hydrogens is 276 g/mol. The maximum Gasteiger partial charge on any atom is 0.306 e. The lowest BCUT2D eigenvalue weighted by atomic mass is 9.96. The van der Waals surface area contributed by atoms with Crippen molar-refractivity contribution in [2.45, 2.75) is 25.8 Å². The number of hydrogen-bond donors (Lipinski definition) is 1. The molecule has 1 atom stereocenters. The second-order valence-electron chi connectivity index (χ2n) is 5.15. The molecule has 0 aliphatic carbocycles. The van der Waals surface area contributed by atoms with E-state index in [0.29, 0.717) is 12.8 Å². The molecule has 1 aromatic carbocycles. The van der Waals surface area contributed by atoms with Crippen LogP contribution in [0.1, 0.15) is 23.5 Å². The number of nitrogens with zero attached hydrogens (tertiary/aromatic N) is 2. The monoisotopic (exact) mass is 290 g/mol. The summed E-state index contributed by atoms with van der Waals surface area (Å²) < 4.78 is 2.14. The van der Waals surface area contributed by atoms with Gasteiger partial charge in [-0.1, -0.05) is 23.7 Å². The molecule has 104 valence electrons. The average Bonchev–Trinajstić information content (AvgIpc) is 2.81. The van der Waals surface area contributed by atoms with Gasteiger partial charge in [-0.05, 0) is 24.1 Å². The Morgan fingerprint density at radius 2 is 2.35 bits per heavy atom. The number of imidazole rings is 1. The van der Waals surface area contributed by atoms with Crippen LogP contribution in [0.5, 0.6) is 0 Å². The first-order valence-corrected chi connectivity index (χ1v) is 7.02. The van der Waals surface area contributed by atoms with Crippen molar-refractivity contribution in [1.29, 1.82) is 0 Å². The van der Waals surface area contributed by atoms with E-state index in [0.717, 1.165) is 35.1 Å². The van der Waals surface area contributed by atoms with Gasteiger partial charge in [-0.25, -0.2) is 4.98 Å². The summed E-state index contributed by atoms with van der Waals surface area (Å²) in [7, 11) is 0. The van der Waals surface area contributed by atoms with Crippen LogP contribution < -0.4 is 0 Å². The van der Waals surface area contributed by atoms with Crippen LogP contribution in [-0.4, -0.2) is 20.6 Å². The maximum atomic E-state index is 11.1. The van der Waals surface area contributed by atoms with Gasteiger partial charge in [0, 0.05) is 36.3 Å². The standard InChI is InChI=1S/C15H15ClN2O2/c16-12-3-1-2-10(6-12)7-14-17-9-13-8-11(15(19)20)4-5-18(13)14/h1-3,6,9,11H,4-5,7-8H2,(H,19,20). The summed E-state index contributed by atoms with van der Waals surface area (Å²) in [5.74, 6) is -0.0156. The molecule has 1 aromatic heterocycles. The Labute approximate surface area is 122 Å². The van der Waals surface area contributed by atoms with E-state index in [9.17, 15) is 4.79 Å². The Balaban J connectivity index is 1.82. The molecule has 0 saturated heterocycles. The molecule has 0 bridgehead atoms. The first kappa shape index (κ1) is 13.2. The van der Waals surface area contributed by atoms with E-state index in [4.69, 9.17) is 16.7 Å². The fraction of sp³-hybridized carbons (Fsp3) is 0.333. The average molecular weight is 291 g/mol. The van der Waals surface area contributed by atoms with Crippen LogP contribution in [0.4, 0.5) is 0 Å². The van der Waals surface area contributed by atoms with Crippen LogP contribution in [0.3, 0.4) is 0 Å². The second kappa shape index (κ2) is 5.29. The van der Waals surface area contributed by atoms with Gasteiger partial charge < -0.3 is 9.67 Å². The van der Waals surface area contributed by atoms with E-state index < -0.39 is 5.97 Å². The lowest BCUT2D eigenvalue weighted by molar-refractivity contribution is -0.142. The van der Waals surface area contributed by atoms with Gasteiger partial charge in [-0.3, -0.25) is 4.79 Å². The van der Waals surface area contributed by atoms with Crippen LogP contribution in [-0.2, 0) is 24.2 Å². The van der Waals surface area contributed by atoms with Crippen molar-refractivity contribution in [3.05, 3.63) is 52.6 Å². The van der Waals surface area contributed by atoms with E-state index in [-0.39, 0.29) is 5.92 Å². The SMILES string of the molecule is O=C(O)C1CCn2c(cnc2Cc2cccc(Cl)c2)C1. The Hall–Kier alpha value is -1.81. The van der Waals surface area contributed by atoms with Crippen molar-refractivity contribution in [3.63, 3.8) is 0 Å². The molecule has 1 unspecified atom stereocenters. The van der Waals surface area contributed by atoms with Gasteiger partial charge in [0.25, 0.3) is 0 Å². The number of aromatic nitrogens is 2. The summed E-state index contributed by atoms with van der Waals surface area (Å²) in [6, 6.07) is 7.74. The molecule has 0 amide bonds. The first-order valence-electron chi connectivity index (χ1n) is 6.64. The minimum absolute atomic E-state index is 0.279. The normalized spacial score (nSPS) is 17.8. The lowest BCUT2D eigenvalue weighted by Crippen LogP contribution is -2.26. The van der Waals surface area contributed by atoms with Gasteiger partial charge in [0.2, 0.25) is 0 Å². The van der Waals surface area contributed by atoms with Crippen LogP contribution in [0, 0.1) is 5.92 Å². The summed E-state index contributed by atoms with van der Waals surface area (Å²) in [5, 5.41) is 9.81. The molecule has 1 N–H and O–H groups in total. The van der Waals surface area contributed by atoms with Crippen molar-refractivity contribution in [1.82, 2.24) is 9.55 Å². The van der Waals surface area contributed by atoms with Gasteiger partial charge in [-0.15, -0.1) is 0 Å². The Kier molecular flexibility index (Phi) is 3.49.